The van der Waals surface area contributed by atoms with Crippen molar-refractivity contribution in [3.8, 4) is 11.5 Å². The second-order valence-electron chi connectivity index (χ2n) is 6.18. The summed E-state index contributed by atoms with van der Waals surface area (Å²) in [4.78, 5) is 24.8. The highest BCUT2D eigenvalue weighted by Crippen LogP contribution is 2.33. The van der Waals surface area contributed by atoms with Crippen LogP contribution in [-0.4, -0.2) is 59.0 Å². The third-order valence-electron chi connectivity index (χ3n) is 4.33. The molecule has 0 saturated heterocycles. The van der Waals surface area contributed by atoms with E-state index in [9.17, 15) is 18.0 Å². The van der Waals surface area contributed by atoms with Gasteiger partial charge in [-0.1, -0.05) is 18.5 Å². The molecule has 0 saturated carbocycles. The third-order valence-corrected chi connectivity index (χ3v) is 6.51. The van der Waals surface area contributed by atoms with E-state index in [-0.39, 0.29) is 34.2 Å². The number of anilines is 1. The minimum absolute atomic E-state index is 0.00733. The molecule has 0 aromatic heterocycles. The molecule has 31 heavy (non-hydrogen) atoms. The highest BCUT2D eigenvalue weighted by molar-refractivity contribution is 7.89. The Kier molecular flexibility index (Phi) is 8.26. The number of halogens is 1. The zero-order valence-electron chi connectivity index (χ0n) is 17.5. The Hall–Kier alpha value is -2.82. The molecule has 0 aliphatic heterocycles. The Bertz CT molecular complexity index is 1060. The Morgan fingerprint density at radius 3 is 2.13 bits per heavy atom. The normalized spacial score (nSPS) is 11.2. The molecule has 0 aliphatic rings. The van der Waals surface area contributed by atoms with Crippen LogP contribution in [0.2, 0.25) is 5.02 Å². The quantitative estimate of drug-likeness (QED) is 0.561. The van der Waals surface area contributed by atoms with Crippen LogP contribution in [0.5, 0.6) is 11.5 Å². The number of nitrogens with one attached hydrogen (secondary N) is 1. The molecule has 0 atom stereocenters. The summed E-state index contributed by atoms with van der Waals surface area (Å²) in [6, 6.07) is 8.39. The SMILES string of the molecule is CCN(CC(=O)Nc1cc(OC)c(OC)cc1C(=O)OC)S(=O)(=O)c1ccc(Cl)cc1. The van der Waals surface area contributed by atoms with Crippen molar-refractivity contribution in [1.82, 2.24) is 4.31 Å². The number of hydrogen-bond donors (Lipinski definition) is 1. The molecule has 0 radical (unpaired) electrons. The van der Waals surface area contributed by atoms with Gasteiger partial charge in [0.2, 0.25) is 15.9 Å². The van der Waals surface area contributed by atoms with E-state index in [1.54, 1.807) is 6.92 Å². The first-order chi connectivity index (χ1) is 14.7. The van der Waals surface area contributed by atoms with Gasteiger partial charge in [0.05, 0.1) is 44.0 Å². The van der Waals surface area contributed by atoms with Crippen LogP contribution in [-0.2, 0) is 19.6 Å². The van der Waals surface area contributed by atoms with Crippen LogP contribution in [0.15, 0.2) is 41.3 Å². The van der Waals surface area contributed by atoms with E-state index in [0.29, 0.717) is 5.02 Å². The predicted octanol–water partition coefficient (Wildman–Crippen LogP) is 2.79. The lowest BCUT2D eigenvalue weighted by atomic mass is 10.1. The van der Waals surface area contributed by atoms with Crippen molar-refractivity contribution in [2.24, 2.45) is 0 Å². The molecule has 0 spiro atoms. The van der Waals surface area contributed by atoms with Crippen molar-refractivity contribution in [2.45, 2.75) is 11.8 Å². The molecule has 168 valence electrons. The van der Waals surface area contributed by atoms with Gasteiger partial charge >= 0.3 is 5.97 Å². The van der Waals surface area contributed by atoms with Crippen molar-refractivity contribution in [1.29, 1.82) is 0 Å². The summed E-state index contributed by atoms with van der Waals surface area (Å²) < 4.78 is 41.9. The standard InChI is InChI=1S/C20H23ClN2O7S/c1-5-23(31(26,27)14-8-6-13(21)7-9-14)12-19(24)22-16-11-18(29-3)17(28-2)10-15(16)20(25)30-4/h6-11H,5,12H2,1-4H3,(H,22,24). The highest BCUT2D eigenvalue weighted by Gasteiger charge is 2.26. The van der Waals surface area contributed by atoms with E-state index >= 15 is 0 Å². The van der Waals surface area contributed by atoms with Crippen LogP contribution in [0, 0.1) is 0 Å². The van der Waals surface area contributed by atoms with Gasteiger partial charge in [0.25, 0.3) is 0 Å². The minimum Gasteiger partial charge on any atom is -0.493 e. The summed E-state index contributed by atoms with van der Waals surface area (Å²) in [5.41, 5.74) is 0.117. The third kappa shape index (κ3) is 5.66. The lowest BCUT2D eigenvalue weighted by Crippen LogP contribution is -2.38. The van der Waals surface area contributed by atoms with E-state index in [2.05, 4.69) is 5.32 Å². The van der Waals surface area contributed by atoms with Crippen LogP contribution < -0.4 is 14.8 Å². The van der Waals surface area contributed by atoms with Crippen molar-refractivity contribution in [2.75, 3.05) is 39.7 Å². The van der Waals surface area contributed by atoms with Gasteiger partial charge in [-0.15, -0.1) is 0 Å². The topological polar surface area (TPSA) is 111 Å². The number of amides is 1. The summed E-state index contributed by atoms with van der Waals surface area (Å²) in [7, 11) is 0.0665. The Morgan fingerprint density at radius 1 is 1.03 bits per heavy atom. The monoisotopic (exact) mass is 470 g/mol. The number of hydrogen-bond acceptors (Lipinski definition) is 7. The van der Waals surface area contributed by atoms with Crippen LogP contribution >= 0.6 is 11.6 Å². The van der Waals surface area contributed by atoms with Crippen LogP contribution in [0.3, 0.4) is 0 Å². The van der Waals surface area contributed by atoms with E-state index in [1.807, 2.05) is 0 Å². The largest absolute Gasteiger partial charge is 0.493 e. The number of carbonyl (C=O) groups is 2. The van der Waals surface area contributed by atoms with Crippen LogP contribution in [0.4, 0.5) is 5.69 Å². The molecule has 9 nitrogen and oxygen atoms in total. The van der Waals surface area contributed by atoms with E-state index in [1.165, 1.54) is 57.7 Å². The average Bonchev–Trinajstić information content (AvgIpc) is 2.76. The van der Waals surface area contributed by atoms with Gasteiger partial charge in [0.15, 0.2) is 11.5 Å². The molecule has 11 heteroatoms. The first-order valence-corrected chi connectivity index (χ1v) is 10.9. The Labute approximate surface area is 185 Å². The van der Waals surface area contributed by atoms with Crippen molar-refractivity contribution in [3.05, 3.63) is 47.0 Å². The molecule has 0 unspecified atom stereocenters. The molecule has 0 aliphatic carbocycles. The maximum absolute atomic E-state index is 12.9. The Morgan fingerprint density at radius 2 is 1.61 bits per heavy atom. The molecule has 0 bridgehead atoms. The summed E-state index contributed by atoms with van der Waals surface area (Å²) in [5.74, 6) is -0.831. The van der Waals surface area contributed by atoms with Crippen molar-refractivity contribution < 1.29 is 32.2 Å². The van der Waals surface area contributed by atoms with Gasteiger partial charge in [-0.25, -0.2) is 13.2 Å². The maximum Gasteiger partial charge on any atom is 0.340 e. The van der Waals surface area contributed by atoms with Gasteiger partial charge in [-0.05, 0) is 24.3 Å². The fourth-order valence-corrected chi connectivity index (χ4v) is 4.26. The smallest absolute Gasteiger partial charge is 0.340 e. The van der Waals surface area contributed by atoms with Gasteiger partial charge < -0.3 is 19.5 Å². The number of ether oxygens (including phenoxy) is 3. The number of esters is 1. The first-order valence-electron chi connectivity index (χ1n) is 9.07. The zero-order valence-corrected chi connectivity index (χ0v) is 19.0. The summed E-state index contributed by atoms with van der Waals surface area (Å²) >= 11 is 5.82. The summed E-state index contributed by atoms with van der Waals surface area (Å²) in [5, 5.41) is 2.94. The number of benzene rings is 2. The number of methoxy groups -OCH3 is 3. The molecule has 1 amide bonds. The fraction of sp³-hybridized carbons (Fsp3) is 0.300. The number of nitrogens with zero attached hydrogens (tertiary/aromatic N) is 1. The molecule has 2 rings (SSSR count). The van der Waals surface area contributed by atoms with Crippen molar-refractivity contribution in [3.63, 3.8) is 0 Å². The van der Waals surface area contributed by atoms with Gasteiger partial charge in [-0.3, -0.25) is 4.79 Å². The number of likely N-dealkylation sites (N-methyl/N-ethyl adjacent to an activating group) is 1. The fourth-order valence-electron chi connectivity index (χ4n) is 2.73. The average molecular weight is 471 g/mol. The number of carbonyl (C=O) groups excluding carboxylic acids is 2. The lowest BCUT2D eigenvalue weighted by Gasteiger charge is -2.21. The molecule has 2 aromatic rings. The molecule has 0 heterocycles. The predicted molar refractivity (Wildman–Crippen MR) is 115 cm³/mol. The number of sulfonamides is 1. The highest BCUT2D eigenvalue weighted by atomic mass is 35.5. The van der Waals surface area contributed by atoms with Crippen LogP contribution in [0.1, 0.15) is 17.3 Å². The molecular formula is C20H23ClN2O7S. The molecular weight excluding hydrogens is 448 g/mol. The zero-order chi connectivity index (χ0) is 23.2. The van der Waals surface area contributed by atoms with Crippen LogP contribution in [0.25, 0.3) is 0 Å². The minimum atomic E-state index is -3.93. The second kappa shape index (κ2) is 10.5. The number of rotatable bonds is 9. The first kappa shape index (κ1) is 24.4. The molecule has 1 N–H and O–H groups in total. The van der Waals surface area contributed by atoms with E-state index in [0.717, 1.165) is 4.31 Å². The van der Waals surface area contributed by atoms with Gasteiger partial charge in [0.1, 0.15) is 0 Å². The van der Waals surface area contributed by atoms with Gasteiger partial charge in [-0.2, -0.15) is 4.31 Å². The second-order valence-corrected chi connectivity index (χ2v) is 8.55. The summed E-state index contributed by atoms with van der Waals surface area (Å²) in [6.07, 6.45) is 0. The molecule has 2 aromatic carbocycles. The maximum atomic E-state index is 12.9. The molecule has 0 fully saturated rings. The summed E-state index contributed by atoms with van der Waals surface area (Å²) in [6.45, 7) is 1.18. The van der Waals surface area contributed by atoms with E-state index < -0.39 is 28.4 Å². The van der Waals surface area contributed by atoms with Gasteiger partial charge in [0, 0.05) is 23.7 Å². The Balaban J connectivity index is 2.31. The van der Waals surface area contributed by atoms with E-state index in [4.69, 9.17) is 25.8 Å². The lowest BCUT2D eigenvalue weighted by molar-refractivity contribution is -0.116. The van der Waals surface area contributed by atoms with Crippen molar-refractivity contribution >= 4 is 39.2 Å².